The second-order valence-corrected chi connectivity index (χ2v) is 5.27. The van der Waals surface area contributed by atoms with Gasteiger partial charge in [0.05, 0.1) is 0 Å². The highest BCUT2D eigenvalue weighted by atomic mass is 35.5. The van der Waals surface area contributed by atoms with Crippen LogP contribution in [-0.4, -0.2) is 6.54 Å². The van der Waals surface area contributed by atoms with E-state index in [9.17, 15) is 4.39 Å². The molecule has 0 amide bonds. The lowest BCUT2D eigenvalue weighted by molar-refractivity contribution is 0.621. The predicted molar refractivity (Wildman–Crippen MR) is 78.4 cm³/mol. The second kappa shape index (κ2) is 6.38. The van der Waals surface area contributed by atoms with Crippen molar-refractivity contribution in [3.8, 4) is 0 Å². The van der Waals surface area contributed by atoms with Gasteiger partial charge in [-0.05, 0) is 54.4 Å². The summed E-state index contributed by atoms with van der Waals surface area (Å²) in [6.07, 6.45) is 0.591. The molecule has 0 aliphatic carbocycles. The molecule has 0 aromatic heterocycles. The molecule has 0 radical (unpaired) electrons. The summed E-state index contributed by atoms with van der Waals surface area (Å²) in [4.78, 5) is 0. The summed E-state index contributed by atoms with van der Waals surface area (Å²) >= 11 is 12.1. The normalized spacial score (nSPS) is 12.4. The van der Waals surface area contributed by atoms with Crippen molar-refractivity contribution in [2.24, 2.45) is 5.73 Å². The maximum Gasteiger partial charge on any atom is 0.123 e. The summed E-state index contributed by atoms with van der Waals surface area (Å²) in [5, 5.41) is 1.23. The quantitative estimate of drug-likeness (QED) is 0.888. The summed E-state index contributed by atoms with van der Waals surface area (Å²) < 4.78 is 13.3. The first kappa shape index (κ1) is 14.3. The monoisotopic (exact) mass is 297 g/mol. The van der Waals surface area contributed by atoms with Crippen LogP contribution in [0.3, 0.4) is 0 Å². The van der Waals surface area contributed by atoms with E-state index in [1.54, 1.807) is 6.07 Å². The van der Waals surface area contributed by atoms with Crippen molar-refractivity contribution >= 4 is 23.2 Å². The number of rotatable bonds is 4. The number of hydrogen-bond acceptors (Lipinski definition) is 1. The Morgan fingerprint density at radius 2 is 1.89 bits per heavy atom. The fourth-order valence-electron chi connectivity index (χ4n) is 2.06. The Morgan fingerprint density at radius 1 is 1.11 bits per heavy atom. The molecule has 0 spiro atoms. The maximum atomic E-state index is 13.3. The van der Waals surface area contributed by atoms with Crippen LogP contribution in [-0.2, 0) is 6.42 Å². The molecule has 2 rings (SSSR count). The van der Waals surface area contributed by atoms with Gasteiger partial charge in [-0.15, -0.1) is 0 Å². The predicted octanol–water partition coefficient (Wildman–Crippen LogP) is 4.42. The Hall–Kier alpha value is -1.09. The smallest absolute Gasteiger partial charge is 0.123 e. The third-order valence-corrected chi connectivity index (χ3v) is 3.68. The van der Waals surface area contributed by atoms with Crippen LogP contribution >= 0.6 is 23.2 Å². The van der Waals surface area contributed by atoms with Gasteiger partial charge in [-0.2, -0.15) is 0 Å². The van der Waals surface area contributed by atoms with Gasteiger partial charge in [-0.25, -0.2) is 4.39 Å². The lowest BCUT2D eigenvalue weighted by atomic mass is 9.92. The first-order valence-corrected chi connectivity index (χ1v) is 6.75. The van der Waals surface area contributed by atoms with Gasteiger partial charge < -0.3 is 5.73 Å². The van der Waals surface area contributed by atoms with E-state index >= 15 is 0 Å². The minimum Gasteiger partial charge on any atom is -0.330 e. The molecule has 1 unspecified atom stereocenters. The van der Waals surface area contributed by atoms with Crippen LogP contribution < -0.4 is 5.73 Å². The molecule has 1 atom stereocenters. The van der Waals surface area contributed by atoms with E-state index in [1.165, 1.54) is 12.1 Å². The van der Waals surface area contributed by atoms with Crippen LogP contribution in [0, 0.1) is 5.82 Å². The van der Waals surface area contributed by atoms with E-state index in [1.807, 2.05) is 24.3 Å². The Morgan fingerprint density at radius 3 is 2.58 bits per heavy atom. The van der Waals surface area contributed by atoms with Crippen molar-refractivity contribution in [3.63, 3.8) is 0 Å². The minimum absolute atomic E-state index is 0.0676. The van der Waals surface area contributed by atoms with E-state index in [0.29, 0.717) is 23.0 Å². The van der Waals surface area contributed by atoms with E-state index in [0.717, 1.165) is 11.1 Å². The molecule has 4 heteroatoms. The van der Waals surface area contributed by atoms with Crippen molar-refractivity contribution < 1.29 is 4.39 Å². The summed E-state index contributed by atoms with van der Waals surface area (Å²) in [6.45, 7) is 0.452. The standard InChI is InChI=1S/C15H14Cl2FN/c16-13-3-1-2-10(7-13)12(9-19)6-11-8-14(18)4-5-15(11)17/h1-5,7-8,12H,6,9,19H2. The lowest BCUT2D eigenvalue weighted by Gasteiger charge is -2.16. The van der Waals surface area contributed by atoms with Gasteiger partial charge >= 0.3 is 0 Å². The van der Waals surface area contributed by atoms with Crippen molar-refractivity contribution in [3.05, 3.63) is 69.5 Å². The van der Waals surface area contributed by atoms with Crippen LogP contribution in [0.2, 0.25) is 10.0 Å². The van der Waals surface area contributed by atoms with E-state index in [-0.39, 0.29) is 11.7 Å². The van der Waals surface area contributed by atoms with Gasteiger partial charge in [0, 0.05) is 16.0 Å². The van der Waals surface area contributed by atoms with Crippen LogP contribution in [0.1, 0.15) is 17.0 Å². The molecular formula is C15H14Cl2FN. The highest BCUT2D eigenvalue weighted by molar-refractivity contribution is 6.31. The molecule has 1 nitrogen and oxygen atoms in total. The Kier molecular flexibility index (Phi) is 4.81. The Labute approximate surface area is 122 Å². The largest absolute Gasteiger partial charge is 0.330 e. The van der Waals surface area contributed by atoms with Crippen molar-refractivity contribution in [1.29, 1.82) is 0 Å². The summed E-state index contributed by atoms with van der Waals surface area (Å²) in [7, 11) is 0. The van der Waals surface area contributed by atoms with Gasteiger partial charge in [0.15, 0.2) is 0 Å². The zero-order valence-corrected chi connectivity index (χ0v) is 11.8. The van der Waals surface area contributed by atoms with E-state index < -0.39 is 0 Å². The molecule has 19 heavy (non-hydrogen) atoms. The fourth-order valence-corrected chi connectivity index (χ4v) is 2.46. The third-order valence-electron chi connectivity index (χ3n) is 3.08. The molecule has 100 valence electrons. The highest BCUT2D eigenvalue weighted by Crippen LogP contribution is 2.26. The Bertz CT molecular complexity index is 572. The first-order valence-electron chi connectivity index (χ1n) is 5.99. The van der Waals surface area contributed by atoms with Gasteiger partial charge in [0.1, 0.15) is 5.82 Å². The van der Waals surface area contributed by atoms with Crippen molar-refractivity contribution in [2.45, 2.75) is 12.3 Å². The molecule has 0 aliphatic heterocycles. The van der Waals surface area contributed by atoms with Crippen LogP contribution in [0.25, 0.3) is 0 Å². The topological polar surface area (TPSA) is 26.0 Å². The average molecular weight is 298 g/mol. The number of hydrogen-bond donors (Lipinski definition) is 1. The van der Waals surface area contributed by atoms with Crippen LogP contribution in [0.15, 0.2) is 42.5 Å². The SMILES string of the molecule is NCC(Cc1cc(F)ccc1Cl)c1cccc(Cl)c1. The van der Waals surface area contributed by atoms with Crippen molar-refractivity contribution in [2.75, 3.05) is 6.54 Å². The molecule has 0 bridgehead atoms. The summed E-state index contributed by atoms with van der Waals surface area (Å²) in [6, 6.07) is 11.9. The van der Waals surface area contributed by atoms with Gasteiger partial charge in [-0.1, -0.05) is 35.3 Å². The third kappa shape index (κ3) is 3.69. The second-order valence-electron chi connectivity index (χ2n) is 4.43. The van der Waals surface area contributed by atoms with Crippen LogP contribution in [0.4, 0.5) is 4.39 Å². The summed E-state index contributed by atoms with van der Waals surface area (Å²) in [5.74, 6) is -0.223. The molecule has 2 aromatic carbocycles. The number of benzene rings is 2. The first-order chi connectivity index (χ1) is 9.10. The van der Waals surface area contributed by atoms with Gasteiger partial charge in [0.25, 0.3) is 0 Å². The molecule has 0 fully saturated rings. The molecule has 0 aliphatic rings. The molecule has 0 heterocycles. The fraction of sp³-hybridized carbons (Fsp3) is 0.200. The number of nitrogens with two attached hydrogens (primary N) is 1. The maximum absolute atomic E-state index is 13.3. The molecule has 0 saturated carbocycles. The zero-order valence-electron chi connectivity index (χ0n) is 10.2. The molecular weight excluding hydrogens is 284 g/mol. The minimum atomic E-state index is -0.290. The van der Waals surface area contributed by atoms with E-state index in [2.05, 4.69) is 0 Å². The van der Waals surface area contributed by atoms with Gasteiger partial charge in [-0.3, -0.25) is 0 Å². The van der Waals surface area contributed by atoms with Crippen LogP contribution in [0.5, 0.6) is 0 Å². The molecule has 0 saturated heterocycles. The zero-order chi connectivity index (χ0) is 13.8. The lowest BCUT2D eigenvalue weighted by Crippen LogP contribution is -2.15. The molecule has 2 N–H and O–H groups in total. The van der Waals surface area contributed by atoms with Crippen molar-refractivity contribution in [1.82, 2.24) is 0 Å². The van der Waals surface area contributed by atoms with E-state index in [4.69, 9.17) is 28.9 Å². The molecule has 2 aromatic rings. The number of halogens is 3. The summed E-state index contributed by atoms with van der Waals surface area (Å²) in [5.41, 5.74) is 7.61. The average Bonchev–Trinajstić information content (AvgIpc) is 2.39. The Balaban J connectivity index is 2.26. The van der Waals surface area contributed by atoms with Gasteiger partial charge in [0.2, 0.25) is 0 Å². The highest BCUT2D eigenvalue weighted by Gasteiger charge is 2.13.